The van der Waals surface area contributed by atoms with E-state index in [1.165, 1.54) is 0 Å². The van der Waals surface area contributed by atoms with Crippen LogP contribution in [0, 0.1) is 20.8 Å². The van der Waals surface area contributed by atoms with Crippen molar-refractivity contribution in [2.75, 3.05) is 0 Å². The van der Waals surface area contributed by atoms with E-state index in [9.17, 15) is 14.4 Å². The highest BCUT2D eigenvalue weighted by atomic mass is 16.5. The number of hydrogen-bond acceptors (Lipinski definition) is 6. The summed E-state index contributed by atoms with van der Waals surface area (Å²) in [7, 11) is 0. The summed E-state index contributed by atoms with van der Waals surface area (Å²) in [4.78, 5) is 43.8. The molecule has 0 saturated carbocycles. The number of carbonyl (C=O) groups is 2. The molecule has 160 valence electrons. The number of esters is 1. The number of fused-ring (bicyclic) bond motifs is 1. The number of carbonyl (C=O) groups excluding carboxylic acids is 2. The molecule has 1 unspecified atom stereocenters. The zero-order valence-electron chi connectivity index (χ0n) is 17.9. The van der Waals surface area contributed by atoms with Crippen LogP contribution in [0.1, 0.15) is 38.7 Å². The van der Waals surface area contributed by atoms with Gasteiger partial charge in [0.1, 0.15) is 17.0 Å². The number of para-hydroxylation sites is 2. The molecule has 0 spiro atoms. The Bertz CT molecular complexity index is 1370. The molecule has 3 aromatic carbocycles. The molecule has 0 radical (unpaired) electrons. The molecule has 32 heavy (non-hydrogen) atoms. The molecule has 0 fully saturated rings. The Balaban J connectivity index is 1.84. The smallest absolute Gasteiger partial charge is 0.359 e. The fourth-order valence-electron chi connectivity index (χ4n) is 3.75. The molecule has 0 saturated heterocycles. The Morgan fingerprint density at radius 3 is 2.22 bits per heavy atom. The van der Waals surface area contributed by atoms with Gasteiger partial charge >= 0.3 is 11.6 Å². The van der Waals surface area contributed by atoms with Gasteiger partial charge in [-0.05, 0) is 44.0 Å². The first kappa shape index (κ1) is 21.2. The maximum absolute atomic E-state index is 13.4. The molecular weight excluding hydrogens is 406 g/mol. The highest BCUT2D eigenvalue weighted by molar-refractivity contribution is 6.13. The zero-order chi connectivity index (χ0) is 22.8. The van der Waals surface area contributed by atoms with Crippen molar-refractivity contribution < 1.29 is 18.7 Å². The Hall–Kier alpha value is -4.06. The summed E-state index contributed by atoms with van der Waals surface area (Å²) in [5, 5.41) is 0. The molecule has 0 bridgehead atoms. The average molecular weight is 427 g/mol. The van der Waals surface area contributed by atoms with Gasteiger partial charge in [-0.2, -0.15) is 0 Å². The summed E-state index contributed by atoms with van der Waals surface area (Å²) in [5.41, 5.74) is 2.27. The number of hydrogen-bond donors (Lipinski definition) is 0. The van der Waals surface area contributed by atoms with Crippen molar-refractivity contribution >= 4 is 22.9 Å². The van der Waals surface area contributed by atoms with E-state index >= 15 is 0 Å². The summed E-state index contributed by atoms with van der Waals surface area (Å²) in [6, 6.07) is 18.7. The Morgan fingerprint density at radius 1 is 0.906 bits per heavy atom. The molecule has 6 nitrogen and oxygen atoms in total. The number of rotatable bonds is 5. The standard InChI is InChI=1S/C26H21NO5/c1-15-13-16(2)24(17(3)14-15)32-25(29)21(23(28)18-9-5-4-6-10-18)22-26(30)31-20-12-8-7-11-19(20)27-22/h4-14,21H,1-3H3. The van der Waals surface area contributed by atoms with Crippen molar-refractivity contribution in [2.45, 2.75) is 26.7 Å². The molecule has 4 rings (SSSR count). The molecule has 4 aromatic rings. The topological polar surface area (TPSA) is 86.5 Å². The van der Waals surface area contributed by atoms with Crippen LogP contribution in [-0.4, -0.2) is 16.7 Å². The molecule has 1 heterocycles. The molecule has 0 aliphatic heterocycles. The molecule has 0 amide bonds. The predicted octanol–water partition coefficient (Wildman–Crippen LogP) is 4.69. The minimum atomic E-state index is -1.57. The number of aryl methyl sites for hydroxylation is 3. The normalized spacial score (nSPS) is 11.8. The van der Waals surface area contributed by atoms with Gasteiger partial charge < -0.3 is 9.15 Å². The van der Waals surface area contributed by atoms with Gasteiger partial charge in [0.25, 0.3) is 0 Å². The summed E-state index contributed by atoms with van der Waals surface area (Å²) in [6.45, 7) is 5.58. The lowest BCUT2D eigenvalue weighted by atomic mass is 9.94. The van der Waals surface area contributed by atoms with Gasteiger partial charge in [0.15, 0.2) is 17.3 Å². The summed E-state index contributed by atoms with van der Waals surface area (Å²) in [6.07, 6.45) is 0. The van der Waals surface area contributed by atoms with Crippen molar-refractivity contribution in [3.63, 3.8) is 0 Å². The second-order valence-electron chi connectivity index (χ2n) is 7.67. The molecule has 1 aromatic heterocycles. The van der Waals surface area contributed by atoms with E-state index in [2.05, 4.69) is 4.98 Å². The SMILES string of the molecule is Cc1cc(C)c(OC(=O)C(C(=O)c2ccccc2)c2nc3ccccc3oc2=O)c(C)c1. The van der Waals surface area contributed by atoms with E-state index in [1.54, 1.807) is 54.6 Å². The molecule has 6 heteroatoms. The van der Waals surface area contributed by atoms with Crippen LogP contribution in [0.25, 0.3) is 11.1 Å². The first-order valence-corrected chi connectivity index (χ1v) is 10.1. The largest absolute Gasteiger partial charge is 0.425 e. The van der Waals surface area contributed by atoms with Crippen LogP contribution in [-0.2, 0) is 4.79 Å². The number of Topliss-reactive ketones (excluding diaryl/α,β-unsaturated/α-hetero) is 1. The maximum Gasteiger partial charge on any atom is 0.359 e. The quantitative estimate of drug-likeness (QED) is 0.199. The summed E-state index contributed by atoms with van der Waals surface area (Å²) >= 11 is 0. The monoisotopic (exact) mass is 427 g/mol. The lowest BCUT2D eigenvalue weighted by molar-refractivity contribution is -0.135. The minimum absolute atomic E-state index is 0.265. The first-order chi connectivity index (χ1) is 15.3. The van der Waals surface area contributed by atoms with Crippen LogP contribution in [0.4, 0.5) is 0 Å². The third-order valence-corrected chi connectivity index (χ3v) is 5.15. The predicted molar refractivity (Wildman–Crippen MR) is 120 cm³/mol. The van der Waals surface area contributed by atoms with Gasteiger partial charge in [-0.3, -0.25) is 9.59 Å². The number of nitrogens with zero attached hydrogens (tertiary/aromatic N) is 1. The van der Waals surface area contributed by atoms with Gasteiger partial charge in [0.05, 0.1) is 0 Å². The minimum Gasteiger partial charge on any atom is -0.425 e. The Morgan fingerprint density at radius 2 is 1.53 bits per heavy atom. The summed E-state index contributed by atoms with van der Waals surface area (Å²) in [5.74, 6) is -2.69. The Kier molecular flexibility index (Phi) is 5.69. The van der Waals surface area contributed by atoms with Crippen LogP contribution in [0.2, 0.25) is 0 Å². The molecular formula is C26H21NO5. The fraction of sp³-hybridized carbons (Fsp3) is 0.154. The van der Waals surface area contributed by atoms with Gasteiger partial charge in [0.2, 0.25) is 0 Å². The second-order valence-corrected chi connectivity index (χ2v) is 7.67. The van der Waals surface area contributed by atoms with E-state index in [1.807, 2.05) is 32.9 Å². The number of benzene rings is 3. The number of aromatic nitrogens is 1. The van der Waals surface area contributed by atoms with Gasteiger partial charge in [-0.25, -0.2) is 9.78 Å². The third-order valence-electron chi connectivity index (χ3n) is 5.15. The van der Waals surface area contributed by atoms with E-state index in [0.29, 0.717) is 11.3 Å². The molecule has 0 aliphatic carbocycles. The van der Waals surface area contributed by atoms with Crippen LogP contribution in [0.15, 0.2) is 75.9 Å². The molecule has 0 aliphatic rings. The van der Waals surface area contributed by atoms with E-state index in [-0.39, 0.29) is 16.8 Å². The highest BCUT2D eigenvalue weighted by Gasteiger charge is 2.36. The zero-order valence-corrected chi connectivity index (χ0v) is 17.9. The maximum atomic E-state index is 13.4. The van der Waals surface area contributed by atoms with Crippen molar-refractivity contribution in [2.24, 2.45) is 0 Å². The number of ketones is 1. The van der Waals surface area contributed by atoms with Crippen molar-refractivity contribution in [1.29, 1.82) is 0 Å². The van der Waals surface area contributed by atoms with Gasteiger partial charge in [-0.15, -0.1) is 0 Å². The van der Waals surface area contributed by atoms with E-state index in [4.69, 9.17) is 9.15 Å². The van der Waals surface area contributed by atoms with Gasteiger partial charge in [0, 0.05) is 5.56 Å². The molecule has 1 atom stereocenters. The van der Waals surface area contributed by atoms with Crippen molar-refractivity contribution in [3.8, 4) is 5.75 Å². The lowest BCUT2D eigenvalue weighted by Crippen LogP contribution is -2.32. The van der Waals surface area contributed by atoms with Crippen LogP contribution in [0.3, 0.4) is 0 Å². The van der Waals surface area contributed by atoms with E-state index in [0.717, 1.165) is 16.7 Å². The lowest BCUT2D eigenvalue weighted by Gasteiger charge is -2.17. The third kappa shape index (κ3) is 4.07. The second kappa shape index (κ2) is 8.59. The average Bonchev–Trinajstić information content (AvgIpc) is 2.77. The van der Waals surface area contributed by atoms with Crippen LogP contribution < -0.4 is 10.4 Å². The highest BCUT2D eigenvalue weighted by Crippen LogP contribution is 2.28. The van der Waals surface area contributed by atoms with Crippen molar-refractivity contribution in [1.82, 2.24) is 4.98 Å². The van der Waals surface area contributed by atoms with Gasteiger partial charge in [-0.1, -0.05) is 60.2 Å². The molecule has 0 N–H and O–H groups in total. The van der Waals surface area contributed by atoms with E-state index < -0.39 is 23.3 Å². The van der Waals surface area contributed by atoms with Crippen LogP contribution in [0.5, 0.6) is 5.75 Å². The van der Waals surface area contributed by atoms with Crippen LogP contribution >= 0.6 is 0 Å². The van der Waals surface area contributed by atoms with Crippen molar-refractivity contribution in [3.05, 3.63) is 105 Å². The fourth-order valence-corrected chi connectivity index (χ4v) is 3.75. The first-order valence-electron chi connectivity index (χ1n) is 10.1. The number of ether oxygens (including phenoxy) is 1. The Labute approximate surface area is 184 Å². The summed E-state index contributed by atoms with van der Waals surface area (Å²) < 4.78 is 11.0.